The number of piperazine rings is 1. The Labute approximate surface area is 117 Å². The molecule has 1 N–H and O–H groups in total. The zero-order valence-electron chi connectivity index (χ0n) is 12.3. The van der Waals surface area contributed by atoms with Gasteiger partial charge < -0.3 is 10.2 Å². The van der Waals surface area contributed by atoms with Gasteiger partial charge in [0.05, 0.1) is 0 Å². The Morgan fingerprint density at radius 1 is 1.11 bits per heavy atom. The van der Waals surface area contributed by atoms with Crippen LogP contribution in [0.2, 0.25) is 0 Å². The van der Waals surface area contributed by atoms with Crippen LogP contribution in [0.25, 0.3) is 0 Å². The summed E-state index contributed by atoms with van der Waals surface area (Å²) in [6, 6.07) is 11.4. The van der Waals surface area contributed by atoms with Crippen LogP contribution < -0.4 is 10.2 Å². The Kier molecular flexibility index (Phi) is 5.67. The Bertz CT molecular complexity index is 344. The van der Waals surface area contributed by atoms with E-state index in [9.17, 15) is 0 Å². The summed E-state index contributed by atoms with van der Waals surface area (Å²) >= 11 is 0. The van der Waals surface area contributed by atoms with Gasteiger partial charge in [-0.2, -0.15) is 0 Å². The largest absolute Gasteiger partial charge is 0.369 e. The molecule has 0 aromatic heterocycles. The predicted octanol–water partition coefficient (Wildman–Crippen LogP) is 2.20. The van der Waals surface area contributed by atoms with Crippen molar-refractivity contribution >= 4 is 5.69 Å². The Balaban J connectivity index is 1.79. The standard InChI is InChI=1S/C16H27N3/c1-3-7-15(17-2)14-18-10-12-19(13-11-18)16-8-5-4-6-9-16/h4-6,8-9,15,17H,3,7,10-14H2,1-2H3. The molecule has 3 nitrogen and oxygen atoms in total. The second kappa shape index (κ2) is 7.51. The number of likely N-dealkylation sites (N-methyl/N-ethyl adjacent to an activating group) is 1. The average molecular weight is 261 g/mol. The molecule has 1 fully saturated rings. The predicted molar refractivity (Wildman–Crippen MR) is 82.9 cm³/mol. The van der Waals surface area contributed by atoms with Crippen LogP contribution in [0, 0.1) is 0 Å². The van der Waals surface area contributed by atoms with Gasteiger partial charge in [-0.25, -0.2) is 0 Å². The molecule has 0 radical (unpaired) electrons. The highest BCUT2D eigenvalue weighted by Crippen LogP contribution is 2.15. The van der Waals surface area contributed by atoms with Crippen molar-refractivity contribution in [3.63, 3.8) is 0 Å². The Hall–Kier alpha value is -1.06. The van der Waals surface area contributed by atoms with E-state index in [0.29, 0.717) is 6.04 Å². The molecule has 19 heavy (non-hydrogen) atoms. The van der Waals surface area contributed by atoms with Crippen molar-refractivity contribution in [1.29, 1.82) is 0 Å². The number of benzene rings is 1. The third-order valence-electron chi connectivity index (χ3n) is 4.02. The molecular weight excluding hydrogens is 234 g/mol. The van der Waals surface area contributed by atoms with E-state index in [0.717, 1.165) is 13.1 Å². The molecule has 1 aliphatic rings. The monoisotopic (exact) mass is 261 g/mol. The maximum Gasteiger partial charge on any atom is 0.0367 e. The van der Waals surface area contributed by atoms with E-state index in [1.165, 1.54) is 38.2 Å². The van der Waals surface area contributed by atoms with Gasteiger partial charge in [0.25, 0.3) is 0 Å². The average Bonchev–Trinajstić information content (AvgIpc) is 2.48. The minimum absolute atomic E-state index is 0.647. The highest BCUT2D eigenvalue weighted by Gasteiger charge is 2.19. The summed E-state index contributed by atoms with van der Waals surface area (Å²) in [7, 11) is 2.08. The summed E-state index contributed by atoms with van der Waals surface area (Å²) in [6.45, 7) is 8.09. The number of hydrogen-bond acceptors (Lipinski definition) is 3. The molecule has 3 heteroatoms. The molecule has 1 atom stereocenters. The van der Waals surface area contributed by atoms with Crippen molar-refractivity contribution in [1.82, 2.24) is 10.2 Å². The first-order chi connectivity index (χ1) is 9.33. The topological polar surface area (TPSA) is 18.5 Å². The lowest BCUT2D eigenvalue weighted by Crippen LogP contribution is -2.50. The summed E-state index contributed by atoms with van der Waals surface area (Å²) < 4.78 is 0. The summed E-state index contributed by atoms with van der Waals surface area (Å²) in [5.41, 5.74) is 1.36. The zero-order valence-corrected chi connectivity index (χ0v) is 12.3. The fourth-order valence-electron chi connectivity index (χ4n) is 2.81. The molecule has 0 saturated carbocycles. The minimum Gasteiger partial charge on any atom is -0.369 e. The highest BCUT2D eigenvalue weighted by atomic mass is 15.3. The van der Waals surface area contributed by atoms with E-state index in [-0.39, 0.29) is 0 Å². The van der Waals surface area contributed by atoms with Crippen LogP contribution in [0.3, 0.4) is 0 Å². The van der Waals surface area contributed by atoms with Gasteiger partial charge in [-0.1, -0.05) is 31.5 Å². The number of nitrogens with one attached hydrogen (secondary N) is 1. The van der Waals surface area contributed by atoms with Crippen molar-refractivity contribution in [2.45, 2.75) is 25.8 Å². The maximum absolute atomic E-state index is 3.44. The smallest absolute Gasteiger partial charge is 0.0367 e. The van der Waals surface area contributed by atoms with Gasteiger partial charge in [0, 0.05) is 44.5 Å². The van der Waals surface area contributed by atoms with Crippen molar-refractivity contribution in [2.24, 2.45) is 0 Å². The van der Waals surface area contributed by atoms with Crippen LogP contribution in [0.15, 0.2) is 30.3 Å². The Morgan fingerprint density at radius 3 is 2.37 bits per heavy atom. The summed E-state index contributed by atoms with van der Waals surface area (Å²) in [6.07, 6.45) is 2.53. The van der Waals surface area contributed by atoms with Gasteiger partial charge >= 0.3 is 0 Å². The molecule has 1 aromatic rings. The van der Waals surface area contributed by atoms with E-state index in [1.807, 2.05) is 0 Å². The van der Waals surface area contributed by atoms with Crippen molar-refractivity contribution in [3.05, 3.63) is 30.3 Å². The van der Waals surface area contributed by atoms with E-state index in [4.69, 9.17) is 0 Å². The molecule has 1 unspecified atom stereocenters. The van der Waals surface area contributed by atoms with E-state index in [2.05, 4.69) is 59.4 Å². The second-order valence-electron chi connectivity index (χ2n) is 5.40. The lowest BCUT2D eigenvalue weighted by molar-refractivity contribution is 0.228. The normalized spacial score (nSPS) is 18.5. The first-order valence-corrected chi connectivity index (χ1v) is 7.53. The van der Waals surface area contributed by atoms with Gasteiger partial charge in [0.2, 0.25) is 0 Å². The van der Waals surface area contributed by atoms with Crippen LogP contribution in [0.5, 0.6) is 0 Å². The number of hydrogen-bond donors (Lipinski definition) is 1. The van der Waals surface area contributed by atoms with Gasteiger partial charge in [-0.3, -0.25) is 4.90 Å². The molecule has 1 aliphatic heterocycles. The highest BCUT2D eigenvalue weighted by molar-refractivity contribution is 5.46. The maximum atomic E-state index is 3.44. The van der Waals surface area contributed by atoms with Crippen LogP contribution in [-0.4, -0.2) is 50.7 Å². The molecule has 2 rings (SSSR count). The van der Waals surface area contributed by atoms with E-state index in [1.54, 1.807) is 0 Å². The Morgan fingerprint density at radius 2 is 1.79 bits per heavy atom. The third kappa shape index (κ3) is 4.22. The van der Waals surface area contributed by atoms with Crippen molar-refractivity contribution in [3.8, 4) is 0 Å². The molecule has 1 saturated heterocycles. The SMILES string of the molecule is CCCC(CN1CCN(c2ccccc2)CC1)NC. The van der Waals surface area contributed by atoms with Crippen molar-refractivity contribution < 1.29 is 0 Å². The molecule has 1 aromatic carbocycles. The summed E-state index contributed by atoms with van der Waals surface area (Å²) in [4.78, 5) is 5.08. The van der Waals surface area contributed by atoms with E-state index < -0.39 is 0 Å². The van der Waals surface area contributed by atoms with Gasteiger partial charge in [0.15, 0.2) is 0 Å². The molecular formula is C16H27N3. The van der Waals surface area contributed by atoms with Gasteiger partial charge in [0.1, 0.15) is 0 Å². The number of rotatable bonds is 6. The van der Waals surface area contributed by atoms with Crippen LogP contribution in [-0.2, 0) is 0 Å². The number of nitrogens with zero attached hydrogens (tertiary/aromatic N) is 2. The zero-order chi connectivity index (χ0) is 13.5. The minimum atomic E-state index is 0.647. The van der Waals surface area contributed by atoms with Crippen LogP contribution in [0.1, 0.15) is 19.8 Å². The van der Waals surface area contributed by atoms with Crippen molar-refractivity contribution in [2.75, 3.05) is 44.7 Å². The van der Waals surface area contributed by atoms with Crippen LogP contribution in [0.4, 0.5) is 5.69 Å². The molecule has 0 aliphatic carbocycles. The lowest BCUT2D eigenvalue weighted by atomic mass is 10.1. The van der Waals surface area contributed by atoms with Crippen LogP contribution >= 0.6 is 0 Å². The molecule has 1 heterocycles. The second-order valence-corrected chi connectivity index (χ2v) is 5.40. The lowest BCUT2D eigenvalue weighted by Gasteiger charge is -2.37. The van der Waals surface area contributed by atoms with Gasteiger partial charge in [-0.05, 0) is 25.6 Å². The molecule has 106 valence electrons. The molecule has 0 amide bonds. The quantitative estimate of drug-likeness (QED) is 0.847. The molecule has 0 spiro atoms. The first-order valence-electron chi connectivity index (χ1n) is 7.53. The van der Waals surface area contributed by atoms with E-state index >= 15 is 0 Å². The third-order valence-corrected chi connectivity index (χ3v) is 4.02. The summed E-state index contributed by atoms with van der Waals surface area (Å²) in [5, 5.41) is 3.44. The first kappa shape index (κ1) is 14.4. The van der Waals surface area contributed by atoms with Gasteiger partial charge in [-0.15, -0.1) is 0 Å². The molecule has 0 bridgehead atoms. The number of para-hydroxylation sites is 1. The fourth-order valence-corrected chi connectivity index (χ4v) is 2.81. The number of anilines is 1. The fraction of sp³-hybridized carbons (Fsp3) is 0.625. The summed E-state index contributed by atoms with van der Waals surface area (Å²) in [5.74, 6) is 0.